The van der Waals surface area contributed by atoms with Crippen LogP contribution in [0.15, 0.2) is 120 Å². The highest BCUT2D eigenvalue weighted by atomic mass is 16.6. The highest BCUT2D eigenvalue weighted by molar-refractivity contribution is 5.90. The molecule has 2 N–H and O–H groups in total. The Bertz CT molecular complexity index is 1980. The molecular formula is C42H45N3O8. The molecule has 1 aliphatic rings. The predicted molar refractivity (Wildman–Crippen MR) is 201 cm³/mol. The lowest BCUT2D eigenvalue weighted by atomic mass is 9.80. The summed E-state index contributed by atoms with van der Waals surface area (Å²) in [7, 11) is 3.23. The van der Waals surface area contributed by atoms with Crippen molar-refractivity contribution >= 4 is 11.7 Å². The number of methoxy groups -OCH3 is 2. The summed E-state index contributed by atoms with van der Waals surface area (Å²) < 4.78 is 31.0. The number of hydrogen-bond donors (Lipinski definition) is 2. The third-order valence-electron chi connectivity index (χ3n) is 9.34. The molecule has 0 spiro atoms. The predicted octanol–water partition coefficient (Wildman–Crippen LogP) is 6.23. The molecule has 0 aliphatic carbocycles. The van der Waals surface area contributed by atoms with E-state index in [1.54, 1.807) is 14.2 Å². The molecule has 5 aromatic rings. The molecule has 0 radical (unpaired) electrons. The number of aliphatic hydroxyl groups excluding tert-OH is 1. The van der Waals surface area contributed by atoms with Crippen LogP contribution in [0.3, 0.4) is 0 Å². The van der Waals surface area contributed by atoms with Crippen LogP contribution in [-0.2, 0) is 25.3 Å². The van der Waals surface area contributed by atoms with Gasteiger partial charge in [0, 0.05) is 12.6 Å². The van der Waals surface area contributed by atoms with Gasteiger partial charge in [0.05, 0.1) is 26.9 Å². The summed E-state index contributed by atoms with van der Waals surface area (Å²) in [6.07, 6.45) is -0.912. The number of carbonyl (C=O) groups excluding carboxylic acids is 1. The average molecular weight is 720 g/mol. The van der Waals surface area contributed by atoms with E-state index in [4.69, 9.17) is 23.7 Å². The number of hydrogen-bond acceptors (Lipinski definition) is 9. The van der Waals surface area contributed by atoms with Gasteiger partial charge < -0.3 is 34.1 Å². The second-order valence-electron chi connectivity index (χ2n) is 13.9. The Hall–Kier alpha value is -5.49. The van der Waals surface area contributed by atoms with Gasteiger partial charge in [0.15, 0.2) is 6.61 Å². The molecule has 276 valence electrons. The highest BCUT2D eigenvalue weighted by Crippen LogP contribution is 2.42. The van der Waals surface area contributed by atoms with Gasteiger partial charge in [-0.1, -0.05) is 87.5 Å². The number of aliphatic hydroxyl groups is 1. The minimum absolute atomic E-state index is 0.00206. The number of amides is 1. The highest BCUT2D eigenvalue weighted by Gasteiger charge is 2.42. The third-order valence-corrected chi connectivity index (χ3v) is 9.34. The zero-order valence-corrected chi connectivity index (χ0v) is 30.5. The molecule has 1 amide bonds. The first-order valence-electron chi connectivity index (χ1n) is 17.4. The lowest BCUT2D eigenvalue weighted by molar-refractivity contribution is -0.118. The van der Waals surface area contributed by atoms with Gasteiger partial charge >= 0.3 is 5.69 Å². The van der Waals surface area contributed by atoms with Crippen molar-refractivity contribution in [1.82, 2.24) is 9.55 Å². The van der Waals surface area contributed by atoms with E-state index in [1.165, 1.54) is 16.8 Å². The van der Waals surface area contributed by atoms with Crippen LogP contribution < -0.4 is 25.2 Å². The topological polar surface area (TPSA) is 130 Å². The Morgan fingerprint density at radius 3 is 1.91 bits per heavy atom. The van der Waals surface area contributed by atoms with Gasteiger partial charge in [-0.3, -0.25) is 9.36 Å². The van der Waals surface area contributed by atoms with E-state index in [1.807, 2.05) is 103 Å². The van der Waals surface area contributed by atoms with E-state index in [2.05, 4.69) is 31.1 Å². The molecule has 1 fully saturated rings. The molecule has 0 bridgehead atoms. The largest absolute Gasteiger partial charge is 0.497 e. The summed E-state index contributed by atoms with van der Waals surface area (Å²) in [5.41, 5.74) is 1.93. The van der Waals surface area contributed by atoms with Gasteiger partial charge in [0.2, 0.25) is 0 Å². The van der Waals surface area contributed by atoms with E-state index in [-0.39, 0.29) is 30.9 Å². The van der Waals surface area contributed by atoms with E-state index < -0.39 is 35.6 Å². The van der Waals surface area contributed by atoms with Gasteiger partial charge in [-0.15, -0.1) is 0 Å². The molecule has 11 nitrogen and oxygen atoms in total. The van der Waals surface area contributed by atoms with Crippen molar-refractivity contribution in [2.45, 2.75) is 56.6 Å². The number of rotatable bonds is 13. The maximum atomic E-state index is 13.1. The van der Waals surface area contributed by atoms with E-state index in [9.17, 15) is 14.7 Å². The van der Waals surface area contributed by atoms with Crippen molar-refractivity contribution in [1.29, 1.82) is 0 Å². The summed E-state index contributed by atoms with van der Waals surface area (Å²) in [6, 6.07) is 34.2. The number of nitrogens with zero attached hydrogens (tertiary/aromatic N) is 2. The molecule has 53 heavy (non-hydrogen) atoms. The van der Waals surface area contributed by atoms with Crippen molar-refractivity contribution in [3.8, 4) is 17.2 Å². The van der Waals surface area contributed by atoms with Gasteiger partial charge in [0.1, 0.15) is 41.0 Å². The number of anilines is 1. The molecule has 4 aromatic carbocycles. The minimum atomic E-state index is -1.11. The fourth-order valence-electron chi connectivity index (χ4n) is 6.40. The van der Waals surface area contributed by atoms with Crippen LogP contribution in [-0.4, -0.2) is 60.2 Å². The molecule has 1 aromatic heterocycles. The van der Waals surface area contributed by atoms with Crippen molar-refractivity contribution in [2.24, 2.45) is 0 Å². The van der Waals surface area contributed by atoms with Crippen LogP contribution in [0.25, 0.3) is 0 Å². The Kier molecular flexibility index (Phi) is 11.3. The van der Waals surface area contributed by atoms with Crippen LogP contribution in [0.2, 0.25) is 0 Å². The fourth-order valence-corrected chi connectivity index (χ4v) is 6.40. The van der Waals surface area contributed by atoms with Crippen molar-refractivity contribution in [2.75, 3.05) is 32.8 Å². The molecule has 2 heterocycles. The number of carbonyl (C=O) groups is 1. The number of aromatic nitrogens is 2. The standard InChI is InChI=1S/C42H45N3O8/c1-41(2,3)28-11-21-34(22-12-28)51-27-38(47)43-37-23-24-45(40(48)44-37)39-25-35(46)36(53-39)26-52-42(29-9-7-6-8-10-29,30-13-17-32(49-4)18-14-30)31-15-19-33(50-5)20-16-31/h6-24,35-36,39,46H,25-27H2,1-5H3,(H,43,44,47,48). The van der Waals surface area contributed by atoms with Gasteiger partial charge in [-0.25, -0.2) is 4.79 Å². The zero-order chi connectivity index (χ0) is 37.6. The Balaban J connectivity index is 1.16. The molecule has 6 rings (SSSR count). The molecule has 0 saturated carbocycles. The first-order chi connectivity index (χ1) is 25.5. The summed E-state index contributed by atoms with van der Waals surface area (Å²) >= 11 is 0. The minimum Gasteiger partial charge on any atom is -0.497 e. The number of benzene rings is 4. The van der Waals surface area contributed by atoms with Gasteiger partial charge in [-0.05, 0) is 70.1 Å². The number of ether oxygens (including phenoxy) is 5. The van der Waals surface area contributed by atoms with Crippen LogP contribution in [0.4, 0.5) is 5.82 Å². The summed E-state index contributed by atoms with van der Waals surface area (Å²) in [5.74, 6) is 1.56. The third kappa shape index (κ3) is 8.44. The maximum absolute atomic E-state index is 13.1. The molecule has 3 unspecified atom stereocenters. The molecule has 11 heteroatoms. The van der Waals surface area contributed by atoms with E-state index in [0.717, 1.165) is 22.3 Å². The molecular weight excluding hydrogens is 674 g/mol. The Morgan fingerprint density at radius 1 is 0.811 bits per heavy atom. The summed E-state index contributed by atoms with van der Waals surface area (Å²) in [4.78, 5) is 29.8. The zero-order valence-electron chi connectivity index (χ0n) is 30.5. The van der Waals surface area contributed by atoms with Crippen LogP contribution in [0.1, 0.15) is 55.7 Å². The SMILES string of the molecule is COc1ccc(C(OCC2OC(n3ccc(NC(=O)COc4ccc(C(C)(C)C)cc4)nc3=O)CC2O)(c2ccccc2)c2ccc(OC)cc2)cc1. The first-order valence-corrected chi connectivity index (χ1v) is 17.4. The summed E-state index contributed by atoms with van der Waals surface area (Å²) in [6.45, 7) is 6.10. The monoisotopic (exact) mass is 719 g/mol. The fraction of sp³-hybridized carbons (Fsp3) is 0.310. The van der Waals surface area contributed by atoms with Crippen LogP contribution in [0.5, 0.6) is 17.2 Å². The molecule has 3 atom stereocenters. The normalized spacial score (nSPS) is 17.3. The Morgan fingerprint density at radius 2 is 1.36 bits per heavy atom. The number of nitrogens with one attached hydrogen (secondary N) is 1. The van der Waals surface area contributed by atoms with Crippen molar-refractivity contribution in [3.63, 3.8) is 0 Å². The smallest absolute Gasteiger partial charge is 0.351 e. The van der Waals surface area contributed by atoms with E-state index >= 15 is 0 Å². The van der Waals surface area contributed by atoms with Crippen LogP contribution in [0, 0.1) is 0 Å². The van der Waals surface area contributed by atoms with Gasteiger partial charge in [-0.2, -0.15) is 4.98 Å². The lowest BCUT2D eigenvalue weighted by Gasteiger charge is -2.37. The molecule has 1 saturated heterocycles. The second kappa shape index (κ2) is 16.0. The lowest BCUT2D eigenvalue weighted by Crippen LogP contribution is -2.38. The quantitative estimate of drug-likeness (QED) is 0.136. The van der Waals surface area contributed by atoms with Gasteiger partial charge in [0.25, 0.3) is 5.91 Å². The maximum Gasteiger partial charge on any atom is 0.351 e. The first kappa shape index (κ1) is 37.3. The second-order valence-corrected chi connectivity index (χ2v) is 13.9. The van der Waals surface area contributed by atoms with Crippen molar-refractivity contribution < 1.29 is 33.6 Å². The van der Waals surface area contributed by atoms with Crippen LogP contribution >= 0.6 is 0 Å². The Labute approximate surface area is 309 Å². The van der Waals surface area contributed by atoms with Crippen molar-refractivity contribution in [3.05, 3.63) is 148 Å². The summed E-state index contributed by atoms with van der Waals surface area (Å²) in [5, 5.41) is 13.8. The molecule has 1 aliphatic heterocycles. The van der Waals surface area contributed by atoms with E-state index in [0.29, 0.717) is 17.2 Å². The average Bonchev–Trinajstić information content (AvgIpc) is 3.54.